The number of nitro groups is 1. The van der Waals surface area contributed by atoms with Gasteiger partial charge in [-0.2, -0.15) is 0 Å². The molecular formula is C43H84Cl3N21O8S. The molecule has 0 aliphatic carbocycles. The summed E-state index contributed by atoms with van der Waals surface area (Å²) in [5.41, 5.74) is 22.3. The lowest BCUT2D eigenvalue weighted by Gasteiger charge is -2.13. The molecule has 29 nitrogen and oxygen atoms in total. The lowest BCUT2D eigenvalue weighted by molar-refractivity contribution is -0.392. The normalized spacial score (nSPS) is 11.0. The maximum absolute atomic E-state index is 11.7. The van der Waals surface area contributed by atoms with Crippen molar-refractivity contribution in [1.29, 1.82) is 10.8 Å². The molecule has 3 aromatic heterocycles. The number of carbonyl (C=O) groups is 4. The summed E-state index contributed by atoms with van der Waals surface area (Å²) in [4.78, 5) is 76.0. The highest BCUT2D eigenvalue weighted by molar-refractivity contribution is 7.99. The van der Waals surface area contributed by atoms with Crippen molar-refractivity contribution in [3.8, 4) is 0 Å². The Kier molecular flexibility index (Phi) is 47.2. The van der Waals surface area contributed by atoms with Crippen LogP contribution in [0.3, 0.4) is 0 Å². The van der Waals surface area contributed by atoms with E-state index in [1.165, 1.54) is 19.0 Å². The number of carbonyl (C=O) groups excluding carboxylic acids is 4. The SMILES string of the molecule is Cl.Cl.Cl.Cn1cnc([N+](=O)[O-])c1Sc1ncnc2nc[nH]c12.N=C(N)NCCCCCCC(=O)NC(O)C(=O)NCCCCNCCCN.N=C(N)NCCCCCCC(=O)NC(O)C(=O)NCCCCNCCCN. The number of nitrogens with one attached hydrogen (secondary N) is 11. The number of H-pyrrole nitrogens is 1. The number of guanidine groups is 2. The molecule has 0 bridgehead atoms. The van der Waals surface area contributed by atoms with Crippen molar-refractivity contribution < 1.29 is 34.3 Å². The van der Waals surface area contributed by atoms with Gasteiger partial charge in [0.2, 0.25) is 30.6 Å². The zero-order valence-corrected chi connectivity index (χ0v) is 46.5. The number of amides is 4. The Morgan fingerprint density at radius 1 is 0.658 bits per heavy atom. The maximum Gasteiger partial charge on any atom is 0.396 e. The van der Waals surface area contributed by atoms with Crippen LogP contribution in [0.2, 0.25) is 0 Å². The first kappa shape index (κ1) is 74.8. The molecule has 0 aliphatic rings. The highest BCUT2D eigenvalue weighted by Gasteiger charge is 2.23. The Hall–Kier alpha value is -5.44. The predicted octanol–water partition coefficient (Wildman–Crippen LogP) is -0.210. The molecule has 4 amide bonds. The molecule has 3 rings (SSSR count). The molecular weight excluding hydrogens is 1080 g/mol. The zero-order valence-electron chi connectivity index (χ0n) is 43.2. The third-order valence-electron chi connectivity index (χ3n) is 10.1. The summed E-state index contributed by atoms with van der Waals surface area (Å²) >= 11 is 1.15. The topological polar surface area (TPSA) is 472 Å². The fourth-order valence-corrected chi connectivity index (χ4v) is 7.13. The minimum absolute atomic E-state index is 0. The lowest BCUT2D eigenvalue weighted by atomic mass is 10.1. The Morgan fingerprint density at radius 3 is 1.53 bits per heavy atom. The average Bonchev–Trinajstić information content (AvgIpc) is 3.99. The number of halogens is 3. The number of nitrogens with zero attached hydrogens (tertiary/aromatic N) is 6. The number of rotatable bonds is 37. The van der Waals surface area contributed by atoms with Crippen LogP contribution in [0.25, 0.3) is 11.2 Å². The van der Waals surface area contributed by atoms with Crippen LogP contribution in [0, 0.1) is 20.9 Å². The summed E-state index contributed by atoms with van der Waals surface area (Å²) in [6, 6.07) is 0. The zero-order chi connectivity index (χ0) is 54.1. The fraction of sp³-hybridized carbons (Fsp3) is 0.674. The van der Waals surface area contributed by atoms with E-state index in [4.69, 9.17) is 33.8 Å². The standard InChI is InChI=1S/2C17H37N7O3.C9H7N7O2S.3ClH/c2*18-9-7-11-21-10-5-6-12-22-15(26)16(27)24-14(25)8-3-1-2-4-13-23-17(19)20;1-15-4-14-7(16(17)18)9(15)19-8-5-6(11-2-10-5)12-3-13-8;;;/h2*16,21,27H,1-13,18H2,(H,22,26)(H,24,25)(H4,19,20,23);2-4H,1H3,(H,10,11,12,13);3*1H. The summed E-state index contributed by atoms with van der Waals surface area (Å²) in [6.07, 6.45) is 13.7. The van der Waals surface area contributed by atoms with Crippen molar-refractivity contribution in [3.05, 3.63) is 29.1 Å². The summed E-state index contributed by atoms with van der Waals surface area (Å²) in [6.45, 7) is 7.05. The summed E-state index contributed by atoms with van der Waals surface area (Å²) in [7, 11) is 1.69. The van der Waals surface area contributed by atoms with Crippen molar-refractivity contribution in [1.82, 2.24) is 72.0 Å². The molecule has 0 aliphatic heterocycles. The Labute approximate surface area is 466 Å². The molecule has 2 atom stereocenters. The Bertz CT molecular complexity index is 1990. The lowest BCUT2D eigenvalue weighted by Crippen LogP contribution is -2.46. The average molecular weight is 1160 g/mol. The number of nitrogens with two attached hydrogens (primary N) is 4. The van der Waals surface area contributed by atoms with E-state index in [0.29, 0.717) is 73.3 Å². The van der Waals surface area contributed by atoms with Crippen LogP contribution < -0.4 is 65.5 Å². The van der Waals surface area contributed by atoms with Crippen LogP contribution >= 0.6 is 49.0 Å². The largest absolute Gasteiger partial charge is 0.396 e. The summed E-state index contributed by atoms with van der Waals surface area (Å²) in [5.74, 6) is -2.14. The molecule has 0 fully saturated rings. The van der Waals surface area contributed by atoms with Crippen LogP contribution in [0.4, 0.5) is 5.82 Å². The molecule has 0 aromatic carbocycles. The number of aliphatic hydroxyl groups excluding tert-OH is 2. The number of hydrogen-bond acceptors (Lipinski definition) is 19. The van der Waals surface area contributed by atoms with E-state index in [-0.39, 0.29) is 79.6 Å². The van der Waals surface area contributed by atoms with Gasteiger partial charge in [0.05, 0.1) is 6.33 Å². The monoisotopic (exact) mass is 1160 g/mol. The van der Waals surface area contributed by atoms with Crippen LogP contribution in [0.1, 0.15) is 103 Å². The Balaban J connectivity index is -0.00000104. The first-order valence-electron chi connectivity index (χ1n) is 24.6. The van der Waals surface area contributed by atoms with Gasteiger partial charge in [0, 0.05) is 46.1 Å². The summed E-state index contributed by atoms with van der Waals surface area (Å²) in [5, 5.41) is 67.0. The molecule has 33 heteroatoms. The van der Waals surface area contributed by atoms with E-state index in [9.17, 15) is 39.5 Å². The third-order valence-corrected chi connectivity index (χ3v) is 11.2. The molecule has 0 spiro atoms. The highest BCUT2D eigenvalue weighted by Crippen LogP contribution is 2.34. The van der Waals surface area contributed by atoms with Gasteiger partial charge in [-0.25, -0.2) is 15.0 Å². The van der Waals surface area contributed by atoms with Gasteiger partial charge in [-0.1, -0.05) is 25.7 Å². The van der Waals surface area contributed by atoms with Gasteiger partial charge in [0.15, 0.2) is 22.6 Å². The molecule has 0 saturated carbocycles. The van der Waals surface area contributed by atoms with Gasteiger partial charge < -0.3 is 95.3 Å². The quantitative estimate of drug-likeness (QED) is 0.00675. The molecule has 76 heavy (non-hydrogen) atoms. The highest BCUT2D eigenvalue weighted by atomic mass is 35.5. The number of aromatic amines is 1. The van der Waals surface area contributed by atoms with Crippen molar-refractivity contribution in [2.24, 2.45) is 30.0 Å². The van der Waals surface area contributed by atoms with E-state index >= 15 is 0 Å². The van der Waals surface area contributed by atoms with Crippen molar-refractivity contribution in [2.75, 3.05) is 65.4 Å². The smallest absolute Gasteiger partial charge is 0.370 e. The van der Waals surface area contributed by atoms with Gasteiger partial charge in [0.1, 0.15) is 16.9 Å². The number of fused-ring (bicyclic) bond motifs is 1. The van der Waals surface area contributed by atoms with E-state index in [0.717, 1.165) is 115 Å². The number of hydrogen-bond donors (Lipinski definition) is 17. The predicted molar refractivity (Wildman–Crippen MR) is 299 cm³/mol. The molecule has 436 valence electrons. The number of aryl methyl sites for hydroxylation is 1. The molecule has 0 radical (unpaired) electrons. The third kappa shape index (κ3) is 37.3. The molecule has 2 unspecified atom stereocenters. The fourth-order valence-electron chi connectivity index (χ4n) is 6.19. The van der Waals surface area contributed by atoms with Crippen molar-refractivity contribution >= 4 is 102 Å². The first-order valence-corrected chi connectivity index (χ1v) is 25.4. The first-order chi connectivity index (χ1) is 35.1. The molecule has 0 saturated heterocycles. The molecule has 3 aromatic rings. The second-order valence-corrected chi connectivity index (χ2v) is 17.3. The second-order valence-electron chi connectivity index (χ2n) is 16.4. The van der Waals surface area contributed by atoms with Crippen LogP contribution in [-0.2, 0) is 26.2 Å². The van der Waals surface area contributed by atoms with Gasteiger partial charge in [-0.05, 0) is 125 Å². The van der Waals surface area contributed by atoms with Gasteiger partial charge in [0.25, 0.3) is 11.8 Å². The van der Waals surface area contributed by atoms with Crippen molar-refractivity contribution in [2.45, 2.75) is 125 Å². The number of unbranched alkanes of at least 4 members (excludes halogenated alkanes) is 8. The Morgan fingerprint density at radius 2 is 1.08 bits per heavy atom. The number of aliphatic hydroxyl groups is 2. The van der Waals surface area contributed by atoms with Gasteiger partial charge in [-0.15, -0.1) is 37.2 Å². The minimum atomic E-state index is -1.51. The van der Waals surface area contributed by atoms with Gasteiger partial charge >= 0.3 is 5.82 Å². The minimum Gasteiger partial charge on any atom is -0.370 e. The van der Waals surface area contributed by atoms with Crippen molar-refractivity contribution in [3.63, 3.8) is 0 Å². The number of imidazole rings is 2. The maximum atomic E-state index is 11.7. The second kappa shape index (κ2) is 48.0. The van der Waals surface area contributed by atoms with E-state index in [1.807, 2.05) is 0 Å². The summed E-state index contributed by atoms with van der Waals surface area (Å²) < 4.78 is 1.58. The number of aromatic nitrogens is 6. The van der Waals surface area contributed by atoms with E-state index < -0.39 is 29.2 Å². The molecule has 3 heterocycles. The van der Waals surface area contributed by atoms with E-state index in [2.05, 4.69) is 67.5 Å². The van der Waals surface area contributed by atoms with Gasteiger partial charge in [-0.3, -0.25) is 30.0 Å². The van der Waals surface area contributed by atoms with Crippen LogP contribution in [-0.4, -0.2) is 158 Å². The van der Waals surface area contributed by atoms with Crippen LogP contribution in [0.5, 0.6) is 0 Å². The van der Waals surface area contributed by atoms with Crippen LogP contribution in [0.15, 0.2) is 29.0 Å². The molecule has 21 N–H and O–H groups in total. The van der Waals surface area contributed by atoms with E-state index in [1.54, 1.807) is 11.6 Å².